The van der Waals surface area contributed by atoms with E-state index in [1.807, 2.05) is 0 Å². The Morgan fingerprint density at radius 3 is 2.75 bits per heavy atom. The number of carboxylic acid groups (broad SMARTS) is 1. The van der Waals surface area contributed by atoms with Gasteiger partial charge in [0.15, 0.2) is 0 Å². The van der Waals surface area contributed by atoms with Crippen molar-refractivity contribution in [2.75, 3.05) is 18.4 Å². The molecular weight excluding hydrogens is 263 g/mol. The van der Waals surface area contributed by atoms with Crippen LogP contribution in [0.5, 0.6) is 0 Å². The van der Waals surface area contributed by atoms with Gasteiger partial charge in [0.2, 0.25) is 0 Å². The van der Waals surface area contributed by atoms with Crippen LogP contribution in [0.4, 0.5) is 14.9 Å². The number of carboxylic acids is 1. The molecule has 1 aliphatic rings. The van der Waals surface area contributed by atoms with Crippen molar-refractivity contribution < 1.29 is 19.1 Å². The van der Waals surface area contributed by atoms with Gasteiger partial charge in [0, 0.05) is 24.3 Å². The summed E-state index contributed by atoms with van der Waals surface area (Å²) in [5.41, 5.74) is -0.145. The van der Waals surface area contributed by atoms with Crippen LogP contribution in [-0.2, 0) is 4.79 Å². The summed E-state index contributed by atoms with van der Waals surface area (Å²) < 4.78 is 13.4. The molecule has 0 radical (unpaired) electrons. The number of carbonyl (C=O) groups is 2. The Balaban J connectivity index is 2.07. The number of nitrogens with one attached hydrogen (secondary N) is 1. The molecule has 1 heterocycles. The molecule has 1 aliphatic heterocycles. The van der Waals surface area contributed by atoms with E-state index in [0.29, 0.717) is 24.2 Å². The number of nitrogens with zero attached hydrogens (tertiary/aromatic N) is 1. The second-order valence-corrected chi connectivity index (χ2v) is 5.38. The first kappa shape index (κ1) is 14.3. The summed E-state index contributed by atoms with van der Waals surface area (Å²) in [7, 11) is 0. The lowest BCUT2D eigenvalue weighted by Crippen LogP contribution is -2.37. The summed E-state index contributed by atoms with van der Waals surface area (Å²) >= 11 is 0. The highest BCUT2D eigenvalue weighted by molar-refractivity contribution is 5.91. The SMILES string of the molecule is Cc1c(F)cccc1NC(=O)N1CCC(C)(C(=O)O)C1. The number of amides is 2. The van der Waals surface area contributed by atoms with E-state index in [1.54, 1.807) is 19.9 Å². The van der Waals surface area contributed by atoms with Crippen LogP contribution < -0.4 is 5.32 Å². The van der Waals surface area contributed by atoms with Gasteiger partial charge in [0.1, 0.15) is 5.82 Å². The molecule has 108 valence electrons. The van der Waals surface area contributed by atoms with Gasteiger partial charge in [-0.3, -0.25) is 4.79 Å². The Morgan fingerprint density at radius 1 is 1.45 bits per heavy atom. The maximum atomic E-state index is 13.4. The smallest absolute Gasteiger partial charge is 0.321 e. The summed E-state index contributed by atoms with van der Waals surface area (Å²) in [6, 6.07) is 4.05. The van der Waals surface area contributed by atoms with Crippen LogP contribution in [0.15, 0.2) is 18.2 Å². The number of rotatable bonds is 2. The highest BCUT2D eigenvalue weighted by Crippen LogP contribution is 2.30. The van der Waals surface area contributed by atoms with Crippen LogP contribution in [0.1, 0.15) is 18.9 Å². The Kier molecular flexibility index (Phi) is 3.65. The van der Waals surface area contributed by atoms with Crippen LogP contribution in [0.2, 0.25) is 0 Å². The van der Waals surface area contributed by atoms with Crippen molar-refractivity contribution in [2.45, 2.75) is 20.3 Å². The number of aliphatic carboxylic acids is 1. The van der Waals surface area contributed by atoms with E-state index in [-0.39, 0.29) is 12.4 Å². The van der Waals surface area contributed by atoms with Gasteiger partial charge in [-0.2, -0.15) is 0 Å². The normalized spacial score (nSPS) is 21.9. The molecule has 20 heavy (non-hydrogen) atoms. The molecule has 1 saturated heterocycles. The molecule has 1 aromatic carbocycles. The quantitative estimate of drug-likeness (QED) is 0.874. The zero-order valence-electron chi connectivity index (χ0n) is 11.4. The third-order valence-corrected chi connectivity index (χ3v) is 3.79. The lowest BCUT2D eigenvalue weighted by Gasteiger charge is -2.21. The van der Waals surface area contributed by atoms with Crippen LogP contribution in [0, 0.1) is 18.2 Å². The second kappa shape index (κ2) is 5.11. The van der Waals surface area contributed by atoms with E-state index in [1.165, 1.54) is 17.0 Å². The zero-order chi connectivity index (χ0) is 14.9. The predicted octanol–water partition coefficient (Wildman–Crippen LogP) is 2.46. The van der Waals surface area contributed by atoms with Gasteiger partial charge in [-0.1, -0.05) is 6.07 Å². The number of likely N-dealkylation sites (tertiary alicyclic amines) is 1. The largest absolute Gasteiger partial charge is 0.481 e. The molecular formula is C14H17FN2O3. The van der Waals surface area contributed by atoms with Gasteiger partial charge in [0.05, 0.1) is 5.41 Å². The van der Waals surface area contributed by atoms with E-state index in [0.717, 1.165) is 0 Å². The van der Waals surface area contributed by atoms with E-state index in [4.69, 9.17) is 5.11 Å². The van der Waals surface area contributed by atoms with Gasteiger partial charge in [-0.15, -0.1) is 0 Å². The standard InChI is InChI=1S/C14H17FN2O3/c1-9-10(15)4-3-5-11(9)16-13(20)17-7-6-14(2,8-17)12(18)19/h3-5H,6-8H2,1-2H3,(H,16,20)(H,18,19). The minimum atomic E-state index is -0.908. The maximum Gasteiger partial charge on any atom is 0.321 e. The van der Waals surface area contributed by atoms with Crippen molar-refractivity contribution in [1.29, 1.82) is 0 Å². The number of carbonyl (C=O) groups excluding carboxylic acids is 1. The number of halogens is 1. The van der Waals surface area contributed by atoms with Crippen LogP contribution in [0.25, 0.3) is 0 Å². The molecule has 5 nitrogen and oxygen atoms in total. The number of hydrogen-bond acceptors (Lipinski definition) is 2. The van der Waals surface area contributed by atoms with Gasteiger partial charge in [-0.05, 0) is 32.4 Å². The van der Waals surface area contributed by atoms with Crippen molar-refractivity contribution >= 4 is 17.7 Å². The summed E-state index contributed by atoms with van der Waals surface area (Å²) in [6.07, 6.45) is 0.415. The number of benzene rings is 1. The monoisotopic (exact) mass is 280 g/mol. The summed E-state index contributed by atoms with van der Waals surface area (Å²) in [6.45, 7) is 3.73. The average Bonchev–Trinajstić information content (AvgIpc) is 2.79. The number of urea groups is 1. The average molecular weight is 280 g/mol. The van der Waals surface area contributed by atoms with Crippen LogP contribution >= 0.6 is 0 Å². The summed E-state index contributed by atoms with van der Waals surface area (Å²) in [4.78, 5) is 24.7. The molecule has 0 bridgehead atoms. The molecule has 1 aromatic rings. The first-order valence-corrected chi connectivity index (χ1v) is 6.38. The maximum absolute atomic E-state index is 13.4. The van der Waals surface area contributed by atoms with E-state index in [9.17, 15) is 14.0 Å². The van der Waals surface area contributed by atoms with E-state index < -0.39 is 17.4 Å². The third kappa shape index (κ3) is 2.59. The highest BCUT2D eigenvalue weighted by atomic mass is 19.1. The first-order valence-electron chi connectivity index (χ1n) is 6.38. The molecule has 0 aromatic heterocycles. The second-order valence-electron chi connectivity index (χ2n) is 5.38. The molecule has 1 atom stereocenters. The van der Waals surface area contributed by atoms with Crippen LogP contribution in [-0.4, -0.2) is 35.1 Å². The molecule has 2 rings (SSSR count). The van der Waals surface area contributed by atoms with Crippen LogP contribution in [0.3, 0.4) is 0 Å². The number of hydrogen-bond donors (Lipinski definition) is 2. The fourth-order valence-corrected chi connectivity index (χ4v) is 2.25. The molecule has 1 unspecified atom stereocenters. The van der Waals surface area contributed by atoms with Gasteiger partial charge in [-0.25, -0.2) is 9.18 Å². The van der Waals surface area contributed by atoms with Crippen molar-refractivity contribution in [1.82, 2.24) is 4.90 Å². The molecule has 2 amide bonds. The minimum absolute atomic E-state index is 0.155. The Hall–Kier alpha value is -2.11. The van der Waals surface area contributed by atoms with Crippen molar-refractivity contribution in [2.24, 2.45) is 5.41 Å². The molecule has 0 spiro atoms. The lowest BCUT2D eigenvalue weighted by molar-refractivity contribution is -0.146. The topological polar surface area (TPSA) is 69.6 Å². The van der Waals surface area contributed by atoms with Gasteiger partial charge >= 0.3 is 12.0 Å². The lowest BCUT2D eigenvalue weighted by atomic mass is 9.90. The Labute approximate surface area is 116 Å². The highest BCUT2D eigenvalue weighted by Gasteiger charge is 2.42. The van der Waals surface area contributed by atoms with Gasteiger partial charge < -0.3 is 15.3 Å². The number of anilines is 1. The van der Waals surface area contributed by atoms with E-state index >= 15 is 0 Å². The third-order valence-electron chi connectivity index (χ3n) is 3.79. The fraction of sp³-hybridized carbons (Fsp3) is 0.429. The molecule has 0 saturated carbocycles. The van der Waals surface area contributed by atoms with Gasteiger partial charge in [0.25, 0.3) is 0 Å². The Bertz CT molecular complexity index is 561. The molecule has 1 fully saturated rings. The molecule has 6 heteroatoms. The Morgan fingerprint density at radius 2 is 2.15 bits per heavy atom. The van der Waals surface area contributed by atoms with E-state index in [2.05, 4.69) is 5.32 Å². The first-order chi connectivity index (χ1) is 9.33. The fourth-order valence-electron chi connectivity index (χ4n) is 2.25. The minimum Gasteiger partial charge on any atom is -0.481 e. The summed E-state index contributed by atoms with van der Waals surface area (Å²) in [5.74, 6) is -1.30. The molecule has 0 aliphatic carbocycles. The molecule has 2 N–H and O–H groups in total. The predicted molar refractivity (Wildman–Crippen MR) is 72.1 cm³/mol. The van der Waals surface area contributed by atoms with Crippen molar-refractivity contribution in [3.05, 3.63) is 29.6 Å². The zero-order valence-corrected chi connectivity index (χ0v) is 11.4. The summed E-state index contributed by atoms with van der Waals surface area (Å²) in [5, 5.41) is 11.8. The van der Waals surface area contributed by atoms with Crippen molar-refractivity contribution in [3.63, 3.8) is 0 Å². The van der Waals surface area contributed by atoms with Crippen molar-refractivity contribution in [3.8, 4) is 0 Å².